The Hall–Kier alpha value is -6.20. The van der Waals surface area contributed by atoms with E-state index in [1.165, 1.54) is 62.4 Å². The first-order chi connectivity index (χ1) is 25.8. The van der Waals surface area contributed by atoms with Crippen LogP contribution in [0.15, 0.2) is 180 Å². The summed E-state index contributed by atoms with van der Waals surface area (Å²) in [6.45, 7) is 0. The van der Waals surface area contributed by atoms with Crippen molar-refractivity contribution in [3.05, 3.63) is 176 Å². The highest BCUT2D eigenvalue weighted by molar-refractivity contribution is 7.27. The Labute approximate surface area is 308 Å². The van der Waals surface area contributed by atoms with E-state index < -0.39 is 0 Å². The minimum absolute atomic E-state index is 0.909. The van der Waals surface area contributed by atoms with Crippen molar-refractivity contribution < 1.29 is 4.42 Å². The number of hydrogen-bond donors (Lipinski definition) is 0. The molecule has 0 radical (unpaired) electrons. The fourth-order valence-electron chi connectivity index (χ4n) is 7.87. The average molecular weight is 700 g/mol. The fraction of sp³-hybridized carbons (Fsp3) is 0. The Balaban J connectivity index is 1.11. The summed E-state index contributed by atoms with van der Waals surface area (Å²) in [6.07, 6.45) is 0. The van der Waals surface area contributed by atoms with Crippen molar-refractivity contribution in [3.63, 3.8) is 0 Å². The molecule has 0 unspecified atom stereocenters. The monoisotopic (exact) mass is 699 g/mol. The van der Waals surface area contributed by atoms with Gasteiger partial charge in [-0.05, 0) is 89.0 Å². The zero-order valence-corrected chi connectivity index (χ0v) is 29.5. The summed E-state index contributed by atoms with van der Waals surface area (Å²) in [5.41, 5.74) is 9.90. The molecule has 52 heavy (non-hydrogen) atoms. The van der Waals surface area contributed by atoms with E-state index in [2.05, 4.69) is 181 Å². The highest BCUT2D eigenvalue weighted by Crippen LogP contribution is 2.46. The molecule has 2 nitrogen and oxygen atoms in total. The van der Waals surface area contributed by atoms with Crippen LogP contribution >= 0.6 is 22.7 Å². The zero-order chi connectivity index (χ0) is 34.2. The van der Waals surface area contributed by atoms with Gasteiger partial charge in [0.15, 0.2) is 0 Å². The molecular weight excluding hydrogens is 671 g/mol. The van der Waals surface area contributed by atoms with Crippen LogP contribution in [0.2, 0.25) is 0 Å². The predicted octanol–water partition coefficient (Wildman–Crippen LogP) is 15.1. The smallest absolute Gasteiger partial charge is 0.136 e. The molecule has 0 N–H and O–H groups in total. The molecule has 0 spiro atoms. The van der Waals surface area contributed by atoms with Gasteiger partial charge in [0.05, 0.1) is 0 Å². The molecule has 0 fully saturated rings. The number of rotatable bonds is 5. The first-order valence-electron chi connectivity index (χ1n) is 17.5. The van der Waals surface area contributed by atoms with E-state index in [9.17, 15) is 0 Å². The molecule has 0 aliphatic carbocycles. The quantitative estimate of drug-likeness (QED) is 0.178. The van der Waals surface area contributed by atoms with Gasteiger partial charge in [-0.15, -0.1) is 22.7 Å². The lowest BCUT2D eigenvalue weighted by Gasteiger charge is -2.26. The van der Waals surface area contributed by atoms with E-state index in [0.717, 1.165) is 39.2 Å². The summed E-state index contributed by atoms with van der Waals surface area (Å²) in [6, 6.07) is 63.6. The Morgan fingerprint density at radius 3 is 1.83 bits per heavy atom. The summed E-state index contributed by atoms with van der Waals surface area (Å²) in [4.78, 5) is 2.39. The third kappa shape index (κ3) is 4.62. The number of benzene rings is 8. The lowest BCUT2D eigenvalue weighted by Crippen LogP contribution is -2.10. The van der Waals surface area contributed by atoms with Crippen molar-refractivity contribution in [1.82, 2.24) is 0 Å². The lowest BCUT2D eigenvalue weighted by atomic mass is 9.98. The minimum atomic E-state index is 0.909. The number of nitrogens with zero attached hydrogens (tertiary/aromatic N) is 1. The summed E-state index contributed by atoms with van der Waals surface area (Å²) in [7, 11) is 0. The van der Waals surface area contributed by atoms with Gasteiger partial charge in [0.2, 0.25) is 0 Å². The van der Waals surface area contributed by atoms with E-state index >= 15 is 0 Å². The maximum absolute atomic E-state index is 6.55. The molecular formula is C48H29NOS2. The topological polar surface area (TPSA) is 16.4 Å². The minimum Gasteiger partial charge on any atom is -0.456 e. The molecule has 8 aromatic carbocycles. The van der Waals surface area contributed by atoms with Crippen LogP contribution in [0.1, 0.15) is 0 Å². The Bertz CT molecular complexity index is 3130. The van der Waals surface area contributed by atoms with Gasteiger partial charge >= 0.3 is 0 Å². The molecule has 244 valence electrons. The summed E-state index contributed by atoms with van der Waals surface area (Å²) in [5.74, 6) is 0. The maximum Gasteiger partial charge on any atom is 0.136 e. The van der Waals surface area contributed by atoms with Crippen molar-refractivity contribution in [1.29, 1.82) is 0 Å². The van der Waals surface area contributed by atoms with Gasteiger partial charge in [-0.1, -0.05) is 109 Å². The van der Waals surface area contributed by atoms with Crippen LogP contribution < -0.4 is 4.90 Å². The maximum atomic E-state index is 6.55. The highest BCUT2D eigenvalue weighted by atomic mass is 32.1. The van der Waals surface area contributed by atoms with Crippen LogP contribution in [-0.4, -0.2) is 0 Å². The molecule has 0 atom stereocenters. The van der Waals surface area contributed by atoms with Crippen LogP contribution in [0.25, 0.3) is 84.5 Å². The van der Waals surface area contributed by atoms with E-state index in [1.54, 1.807) is 0 Å². The molecule has 11 aromatic rings. The van der Waals surface area contributed by atoms with Crippen LogP contribution in [-0.2, 0) is 0 Å². The second kappa shape index (κ2) is 11.7. The van der Waals surface area contributed by atoms with Crippen LogP contribution in [0.4, 0.5) is 17.1 Å². The molecule has 0 amide bonds. The molecule has 3 aromatic heterocycles. The molecule has 3 heterocycles. The lowest BCUT2D eigenvalue weighted by molar-refractivity contribution is 0.669. The number of thiophene rings is 2. The Morgan fingerprint density at radius 2 is 0.981 bits per heavy atom. The molecule has 4 heteroatoms. The van der Waals surface area contributed by atoms with Gasteiger partial charge in [0, 0.05) is 68.2 Å². The largest absolute Gasteiger partial charge is 0.456 e. The molecule has 11 rings (SSSR count). The second-order valence-corrected chi connectivity index (χ2v) is 15.4. The van der Waals surface area contributed by atoms with Gasteiger partial charge in [0.1, 0.15) is 11.2 Å². The zero-order valence-electron chi connectivity index (χ0n) is 27.9. The molecule has 0 aliphatic rings. The third-order valence-corrected chi connectivity index (χ3v) is 12.6. The second-order valence-electron chi connectivity index (χ2n) is 13.3. The number of hydrogen-bond acceptors (Lipinski definition) is 4. The summed E-state index contributed by atoms with van der Waals surface area (Å²) in [5, 5.41) is 7.53. The number of furan rings is 1. The van der Waals surface area contributed by atoms with Gasteiger partial charge in [-0.3, -0.25) is 0 Å². The van der Waals surface area contributed by atoms with Crippen molar-refractivity contribution in [2.45, 2.75) is 0 Å². The molecule has 0 bridgehead atoms. The standard InChI is InChI=1S/C48H29NOS2/c1-2-10-30(11-3-1)31-20-22-33(23-21-31)49(35-24-25-39-37-14-4-6-18-43(37)51-45(39)29-35)34-13-8-12-32(28-34)36-16-9-17-41-46(36)47-42(50-41)27-26-40-38-15-5-7-19-44(38)52-48(40)47/h1-29H. The first-order valence-corrected chi connectivity index (χ1v) is 19.1. The van der Waals surface area contributed by atoms with Gasteiger partial charge < -0.3 is 9.32 Å². The van der Waals surface area contributed by atoms with Crippen LogP contribution in [0.3, 0.4) is 0 Å². The number of fused-ring (bicyclic) bond motifs is 10. The molecule has 0 saturated heterocycles. The van der Waals surface area contributed by atoms with E-state index in [-0.39, 0.29) is 0 Å². The average Bonchev–Trinajstić information content (AvgIpc) is 3.89. The van der Waals surface area contributed by atoms with Crippen LogP contribution in [0, 0.1) is 0 Å². The van der Waals surface area contributed by atoms with Gasteiger partial charge in [-0.25, -0.2) is 0 Å². The van der Waals surface area contributed by atoms with Crippen molar-refractivity contribution in [2.24, 2.45) is 0 Å². The summed E-state index contributed by atoms with van der Waals surface area (Å²) >= 11 is 3.70. The van der Waals surface area contributed by atoms with E-state index in [1.807, 2.05) is 22.7 Å². The van der Waals surface area contributed by atoms with Gasteiger partial charge in [0.25, 0.3) is 0 Å². The van der Waals surface area contributed by atoms with Crippen LogP contribution in [0.5, 0.6) is 0 Å². The van der Waals surface area contributed by atoms with Crippen molar-refractivity contribution in [2.75, 3.05) is 4.90 Å². The third-order valence-electron chi connectivity index (χ3n) is 10.3. The molecule has 0 saturated carbocycles. The highest BCUT2D eigenvalue weighted by Gasteiger charge is 2.20. The fourth-order valence-corrected chi connectivity index (χ4v) is 10.3. The normalized spacial score (nSPS) is 11.8. The number of anilines is 3. The Kier molecular flexibility index (Phi) is 6.63. The van der Waals surface area contributed by atoms with Crippen molar-refractivity contribution in [3.8, 4) is 22.3 Å². The Morgan fingerprint density at radius 1 is 0.365 bits per heavy atom. The summed E-state index contributed by atoms with van der Waals surface area (Å²) < 4.78 is 11.7. The van der Waals surface area contributed by atoms with E-state index in [0.29, 0.717) is 0 Å². The van der Waals surface area contributed by atoms with Gasteiger partial charge in [-0.2, -0.15) is 0 Å². The first kappa shape index (κ1) is 29.5. The SMILES string of the molecule is c1ccc(-c2ccc(N(c3cccc(-c4cccc5oc6ccc7c8ccccc8sc7c6c45)c3)c3ccc4c(c3)sc3ccccc34)cc2)cc1. The molecule has 0 aliphatic heterocycles. The predicted molar refractivity (Wildman–Crippen MR) is 225 cm³/mol. The van der Waals surface area contributed by atoms with Crippen molar-refractivity contribution >= 4 is 102 Å². The van der Waals surface area contributed by atoms with E-state index in [4.69, 9.17) is 4.42 Å².